The molecule has 3 heterocycles. The van der Waals surface area contributed by atoms with E-state index in [0.717, 1.165) is 12.1 Å². The molecule has 0 saturated heterocycles. The van der Waals surface area contributed by atoms with Crippen LogP contribution in [0, 0.1) is 11.6 Å². The normalized spacial score (nSPS) is 10.8. The minimum absolute atomic E-state index is 0.0216. The van der Waals surface area contributed by atoms with Crippen LogP contribution in [-0.2, 0) is 9.53 Å². The van der Waals surface area contributed by atoms with Gasteiger partial charge in [0.25, 0.3) is 5.91 Å². The first kappa shape index (κ1) is 22.6. The number of hydrogen-bond donors (Lipinski definition) is 4. The van der Waals surface area contributed by atoms with E-state index in [1.165, 1.54) is 43.6 Å². The van der Waals surface area contributed by atoms with Crippen molar-refractivity contribution < 1.29 is 28.2 Å². The minimum atomic E-state index is -0.778. The monoisotopic (exact) mass is 467 g/mol. The molecule has 0 unspecified atom stereocenters. The second kappa shape index (κ2) is 9.53. The molecule has 3 aromatic heterocycles. The standard InChI is InChI=1S/C23H19F2N5O4/c1-12(31)34-8-7-26-22(32)13-5-6-19(27-10-13)30-17-9-16(20-14(24)3-2-4-15(20)25)29-18-11-28-23(33)21(17)18/h2-6,9-11,28,33H,7-8H2,1H3,(H,26,32)(H,27,30). The number of carbonyl (C=O) groups excluding carboxylic acids is 2. The quantitative estimate of drug-likeness (QED) is 0.241. The van der Waals surface area contributed by atoms with Crippen LogP contribution in [0.5, 0.6) is 5.88 Å². The first-order valence-electron chi connectivity index (χ1n) is 10.1. The average Bonchev–Trinajstić information content (AvgIpc) is 3.18. The van der Waals surface area contributed by atoms with Gasteiger partial charge in [-0.2, -0.15) is 0 Å². The lowest BCUT2D eigenvalue weighted by atomic mass is 10.1. The van der Waals surface area contributed by atoms with Crippen molar-refractivity contribution in [1.29, 1.82) is 0 Å². The number of hydrogen-bond acceptors (Lipinski definition) is 7. The fourth-order valence-electron chi connectivity index (χ4n) is 3.30. The first-order chi connectivity index (χ1) is 16.3. The molecule has 0 radical (unpaired) electrons. The molecule has 0 fully saturated rings. The molecule has 4 aromatic rings. The van der Waals surface area contributed by atoms with Crippen molar-refractivity contribution >= 4 is 34.3 Å². The third-order valence-corrected chi connectivity index (χ3v) is 4.83. The van der Waals surface area contributed by atoms with Gasteiger partial charge in [0.2, 0.25) is 0 Å². The van der Waals surface area contributed by atoms with E-state index in [2.05, 4.69) is 25.6 Å². The number of benzene rings is 1. The Kier molecular flexibility index (Phi) is 6.35. The number of rotatable bonds is 7. The van der Waals surface area contributed by atoms with Crippen molar-refractivity contribution in [3.63, 3.8) is 0 Å². The molecule has 0 aliphatic rings. The lowest BCUT2D eigenvalue weighted by Gasteiger charge is -2.11. The van der Waals surface area contributed by atoms with Crippen LogP contribution in [0.2, 0.25) is 0 Å². The van der Waals surface area contributed by atoms with E-state index < -0.39 is 23.5 Å². The SMILES string of the molecule is CC(=O)OCCNC(=O)c1ccc(Nc2cc(-c3c(F)cccc3F)nc3c[nH]c(O)c23)nc1. The molecule has 0 spiro atoms. The summed E-state index contributed by atoms with van der Waals surface area (Å²) >= 11 is 0. The zero-order valence-electron chi connectivity index (χ0n) is 17.9. The molecule has 0 saturated carbocycles. The number of pyridine rings is 2. The van der Waals surface area contributed by atoms with E-state index in [1.54, 1.807) is 0 Å². The van der Waals surface area contributed by atoms with E-state index in [9.17, 15) is 23.5 Å². The van der Waals surface area contributed by atoms with Gasteiger partial charge in [-0.1, -0.05) is 6.07 Å². The largest absolute Gasteiger partial charge is 0.494 e. The van der Waals surface area contributed by atoms with Gasteiger partial charge < -0.3 is 25.5 Å². The van der Waals surface area contributed by atoms with Gasteiger partial charge in [-0.05, 0) is 30.3 Å². The lowest BCUT2D eigenvalue weighted by molar-refractivity contribution is -0.140. The van der Waals surface area contributed by atoms with E-state index >= 15 is 0 Å². The Morgan fingerprint density at radius 2 is 1.94 bits per heavy atom. The fraction of sp³-hybridized carbons (Fsp3) is 0.130. The Morgan fingerprint density at radius 1 is 1.18 bits per heavy atom. The molecule has 9 nitrogen and oxygen atoms in total. The van der Waals surface area contributed by atoms with Crippen molar-refractivity contribution in [2.24, 2.45) is 0 Å². The molecule has 1 aromatic carbocycles. The van der Waals surface area contributed by atoms with Crippen LogP contribution >= 0.6 is 0 Å². The molecule has 0 atom stereocenters. The number of nitrogens with one attached hydrogen (secondary N) is 3. The molecule has 1 amide bonds. The van der Waals surface area contributed by atoms with Crippen LogP contribution in [0.1, 0.15) is 17.3 Å². The predicted molar refractivity (Wildman–Crippen MR) is 120 cm³/mol. The van der Waals surface area contributed by atoms with Gasteiger partial charge >= 0.3 is 5.97 Å². The molecular formula is C23H19F2N5O4. The molecule has 4 rings (SSSR count). The minimum Gasteiger partial charge on any atom is -0.494 e. The number of halogens is 2. The molecule has 0 bridgehead atoms. The maximum Gasteiger partial charge on any atom is 0.302 e. The van der Waals surface area contributed by atoms with E-state index in [1.807, 2.05) is 0 Å². The molecule has 4 N–H and O–H groups in total. The zero-order chi connectivity index (χ0) is 24.2. The Bertz CT molecular complexity index is 1350. The van der Waals surface area contributed by atoms with Crippen molar-refractivity contribution in [3.05, 3.63) is 66.0 Å². The highest BCUT2D eigenvalue weighted by atomic mass is 19.1. The third kappa shape index (κ3) is 4.77. The second-order valence-corrected chi connectivity index (χ2v) is 7.20. The van der Waals surface area contributed by atoms with Crippen molar-refractivity contribution in [1.82, 2.24) is 20.3 Å². The van der Waals surface area contributed by atoms with Gasteiger partial charge in [-0.3, -0.25) is 9.59 Å². The Morgan fingerprint density at radius 3 is 2.62 bits per heavy atom. The summed E-state index contributed by atoms with van der Waals surface area (Å²) in [5.41, 5.74) is 0.568. The summed E-state index contributed by atoms with van der Waals surface area (Å²) < 4.78 is 33.4. The first-order valence-corrected chi connectivity index (χ1v) is 10.1. The number of carbonyl (C=O) groups is 2. The highest BCUT2D eigenvalue weighted by molar-refractivity contribution is 5.99. The van der Waals surface area contributed by atoms with Crippen LogP contribution in [0.15, 0.2) is 48.8 Å². The second-order valence-electron chi connectivity index (χ2n) is 7.20. The highest BCUT2D eigenvalue weighted by Gasteiger charge is 2.18. The Hall–Kier alpha value is -4.54. The van der Waals surface area contributed by atoms with Crippen LogP contribution in [0.4, 0.5) is 20.3 Å². The molecule has 11 heteroatoms. The molecule has 34 heavy (non-hydrogen) atoms. The summed E-state index contributed by atoms with van der Waals surface area (Å²) in [4.78, 5) is 34.0. The smallest absolute Gasteiger partial charge is 0.302 e. The van der Waals surface area contributed by atoms with E-state index in [4.69, 9.17) is 4.74 Å². The summed E-state index contributed by atoms with van der Waals surface area (Å²) in [5.74, 6) is -2.28. The molecule has 0 aliphatic carbocycles. The fourth-order valence-corrected chi connectivity index (χ4v) is 3.30. The number of aromatic amines is 1. The summed E-state index contributed by atoms with van der Waals surface area (Å²) in [6.45, 7) is 1.48. The topological polar surface area (TPSA) is 129 Å². The van der Waals surface area contributed by atoms with E-state index in [0.29, 0.717) is 16.9 Å². The van der Waals surface area contributed by atoms with E-state index in [-0.39, 0.29) is 41.4 Å². The summed E-state index contributed by atoms with van der Waals surface area (Å²) in [6, 6.07) is 7.96. The van der Waals surface area contributed by atoms with Gasteiger partial charge in [0.15, 0.2) is 5.88 Å². The number of anilines is 2. The number of amides is 1. The molecule has 174 valence electrons. The number of aromatic nitrogens is 3. The molecule has 0 aliphatic heterocycles. The highest BCUT2D eigenvalue weighted by Crippen LogP contribution is 2.36. The predicted octanol–water partition coefficient (Wildman–Crippen LogP) is 3.65. The number of H-pyrrole nitrogens is 1. The maximum atomic E-state index is 14.3. The average molecular weight is 467 g/mol. The Labute approximate surface area is 191 Å². The Balaban J connectivity index is 1.59. The van der Waals surface area contributed by atoms with Crippen molar-refractivity contribution in [2.75, 3.05) is 18.5 Å². The van der Waals surface area contributed by atoms with Crippen LogP contribution in [0.3, 0.4) is 0 Å². The summed E-state index contributed by atoms with van der Waals surface area (Å²) in [7, 11) is 0. The number of aromatic hydroxyl groups is 1. The number of ether oxygens (including phenoxy) is 1. The van der Waals surface area contributed by atoms with Gasteiger partial charge in [0.05, 0.1) is 40.0 Å². The number of fused-ring (bicyclic) bond motifs is 1. The summed E-state index contributed by atoms with van der Waals surface area (Å²) in [6.07, 6.45) is 2.74. The molecular weight excluding hydrogens is 448 g/mol. The zero-order valence-corrected chi connectivity index (χ0v) is 17.9. The van der Waals surface area contributed by atoms with Gasteiger partial charge in [-0.25, -0.2) is 18.7 Å². The lowest BCUT2D eigenvalue weighted by Crippen LogP contribution is -2.27. The van der Waals surface area contributed by atoms with Crippen LogP contribution in [-0.4, -0.2) is 45.1 Å². The summed E-state index contributed by atoms with van der Waals surface area (Å²) in [5, 5.41) is 16.1. The van der Waals surface area contributed by atoms with Gasteiger partial charge in [-0.15, -0.1) is 0 Å². The number of nitrogens with zero attached hydrogens (tertiary/aromatic N) is 2. The van der Waals surface area contributed by atoms with Crippen molar-refractivity contribution in [3.8, 4) is 17.1 Å². The van der Waals surface area contributed by atoms with Gasteiger partial charge in [0.1, 0.15) is 24.1 Å². The van der Waals surface area contributed by atoms with Crippen LogP contribution in [0.25, 0.3) is 22.2 Å². The number of esters is 1. The third-order valence-electron chi connectivity index (χ3n) is 4.83. The van der Waals surface area contributed by atoms with Crippen LogP contribution < -0.4 is 10.6 Å². The van der Waals surface area contributed by atoms with Gasteiger partial charge in [0, 0.05) is 19.3 Å². The van der Waals surface area contributed by atoms with Crippen molar-refractivity contribution in [2.45, 2.75) is 6.92 Å². The maximum absolute atomic E-state index is 14.3.